The Kier molecular flexibility index (Phi) is 7.18. The van der Waals surface area contributed by atoms with E-state index in [-0.39, 0.29) is 0 Å². The summed E-state index contributed by atoms with van der Waals surface area (Å²) in [4.78, 5) is 33.9. The lowest BCUT2D eigenvalue weighted by Crippen LogP contribution is -2.55. The van der Waals surface area contributed by atoms with Crippen LogP contribution in [0.4, 0.5) is 0 Å². The van der Waals surface area contributed by atoms with Crippen LogP contribution in [0.2, 0.25) is 0 Å². The zero-order chi connectivity index (χ0) is 17.6. The van der Waals surface area contributed by atoms with Crippen LogP contribution in [-0.2, 0) is 38.1 Å². The van der Waals surface area contributed by atoms with Crippen molar-refractivity contribution < 1.29 is 38.1 Å². The lowest BCUT2D eigenvalue weighted by Gasteiger charge is -2.42. The van der Waals surface area contributed by atoms with Crippen LogP contribution in [0, 0.1) is 5.92 Å². The molecule has 8 heteroatoms. The van der Waals surface area contributed by atoms with Gasteiger partial charge in [0.1, 0.15) is 12.2 Å². The van der Waals surface area contributed by atoms with Crippen LogP contribution in [0.5, 0.6) is 0 Å². The minimum atomic E-state index is -0.854. The number of carbonyl (C=O) groups excluding carboxylic acids is 3. The summed E-state index contributed by atoms with van der Waals surface area (Å²) in [5.74, 6) is -2.00. The van der Waals surface area contributed by atoms with E-state index >= 15 is 0 Å². The molecule has 0 aromatic heterocycles. The van der Waals surface area contributed by atoms with Gasteiger partial charge >= 0.3 is 17.9 Å². The van der Waals surface area contributed by atoms with Crippen LogP contribution in [0.15, 0.2) is 12.2 Å². The average molecular weight is 330 g/mol. The Morgan fingerprint density at radius 1 is 1.00 bits per heavy atom. The molecule has 0 aliphatic carbocycles. The largest absolute Gasteiger partial charge is 0.466 e. The topological polar surface area (TPSA) is 97.4 Å². The van der Waals surface area contributed by atoms with Gasteiger partial charge in [-0.15, -0.1) is 0 Å². The normalized spacial score (nSPS) is 30.7. The SMILES string of the molecule is COC(=O)/C=C\[C@@H]1O[C@@H](OC)[C@H](OC(C)=O)[C@@H](C)[C@@H]1OC(C)=O. The van der Waals surface area contributed by atoms with Crippen LogP contribution >= 0.6 is 0 Å². The highest BCUT2D eigenvalue weighted by Crippen LogP contribution is 2.31. The van der Waals surface area contributed by atoms with Crippen LogP contribution in [-0.4, -0.2) is 56.7 Å². The number of hydrogen-bond donors (Lipinski definition) is 0. The molecule has 1 saturated heterocycles. The van der Waals surface area contributed by atoms with Gasteiger partial charge < -0.3 is 23.7 Å². The summed E-state index contributed by atoms with van der Waals surface area (Å²) in [5.41, 5.74) is 0. The Bertz CT molecular complexity index is 472. The predicted molar refractivity (Wildman–Crippen MR) is 77.1 cm³/mol. The van der Waals surface area contributed by atoms with Gasteiger partial charge in [0, 0.05) is 33.0 Å². The van der Waals surface area contributed by atoms with E-state index in [4.69, 9.17) is 18.9 Å². The van der Waals surface area contributed by atoms with E-state index in [1.807, 2.05) is 0 Å². The number of hydrogen-bond acceptors (Lipinski definition) is 8. The van der Waals surface area contributed by atoms with E-state index in [0.29, 0.717) is 0 Å². The van der Waals surface area contributed by atoms with Crippen LogP contribution < -0.4 is 0 Å². The molecule has 1 fully saturated rings. The lowest BCUT2D eigenvalue weighted by atomic mass is 9.90. The first-order valence-corrected chi connectivity index (χ1v) is 7.09. The molecule has 5 atom stereocenters. The van der Waals surface area contributed by atoms with Gasteiger partial charge in [-0.05, 0) is 6.08 Å². The number of esters is 3. The van der Waals surface area contributed by atoms with E-state index in [1.54, 1.807) is 6.92 Å². The molecule has 0 aromatic rings. The third-order valence-corrected chi connectivity index (χ3v) is 3.38. The van der Waals surface area contributed by atoms with Gasteiger partial charge in [0.15, 0.2) is 12.4 Å². The molecular weight excluding hydrogens is 308 g/mol. The molecule has 8 nitrogen and oxygen atoms in total. The summed E-state index contributed by atoms with van der Waals surface area (Å²) in [5, 5.41) is 0. The number of ether oxygens (including phenoxy) is 5. The van der Waals surface area contributed by atoms with Crippen molar-refractivity contribution >= 4 is 17.9 Å². The van der Waals surface area contributed by atoms with E-state index in [1.165, 1.54) is 40.2 Å². The Morgan fingerprint density at radius 2 is 1.57 bits per heavy atom. The molecule has 1 aliphatic heterocycles. The van der Waals surface area contributed by atoms with Gasteiger partial charge in [-0.25, -0.2) is 4.79 Å². The maximum Gasteiger partial charge on any atom is 0.330 e. The molecule has 0 radical (unpaired) electrons. The molecule has 130 valence electrons. The van der Waals surface area contributed by atoms with Gasteiger partial charge in [0.2, 0.25) is 0 Å². The summed E-state index contributed by atoms with van der Waals surface area (Å²) < 4.78 is 25.9. The smallest absolute Gasteiger partial charge is 0.330 e. The summed E-state index contributed by atoms with van der Waals surface area (Å²) >= 11 is 0. The van der Waals surface area contributed by atoms with Crippen molar-refractivity contribution in [3.05, 3.63) is 12.2 Å². The molecule has 0 unspecified atom stereocenters. The number of carbonyl (C=O) groups is 3. The van der Waals surface area contributed by atoms with Gasteiger partial charge in [-0.2, -0.15) is 0 Å². The van der Waals surface area contributed by atoms with Crippen molar-refractivity contribution in [3.63, 3.8) is 0 Å². The molecule has 23 heavy (non-hydrogen) atoms. The second-order valence-corrected chi connectivity index (χ2v) is 5.09. The molecule has 0 spiro atoms. The van der Waals surface area contributed by atoms with Gasteiger partial charge in [0.05, 0.1) is 7.11 Å². The molecule has 0 N–H and O–H groups in total. The van der Waals surface area contributed by atoms with Crippen molar-refractivity contribution in [1.29, 1.82) is 0 Å². The molecule has 1 aliphatic rings. The van der Waals surface area contributed by atoms with Crippen molar-refractivity contribution in [2.45, 2.75) is 45.4 Å². The second kappa shape index (κ2) is 8.64. The first-order chi connectivity index (χ1) is 10.8. The molecule has 1 heterocycles. The molecule has 1 rings (SSSR count). The Labute approximate surface area is 134 Å². The molecule has 0 saturated carbocycles. The zero-order valence-electron chi connectivity index (χ0n) is 13.8. The fraction of sp³-hybridized carbons (Fsp3) is 0.667. The van der Waals surface area contributed by atoms with E-state index in [0.717, 1.165) is 0 Å². The highest BCUT2D eigenvalue weighted by Gasteiger charge is 2.46. The van der Waals surface area contributed by atoms with Crippen molar-refractivity contribution in [2.75, 3.05) is 14.2 Å². The maximum absolute atomic E-state index is 11.3. The molecule has 0 aromatic carbocycles. The number of methoxy groups -OCH3 is 2. The maximum atomic E-state index is 11.3. The first-order valence-electron chi connectivity index (χ1n) is 7.09. The minimum Gasteiger partial charge on any atom is -0.466 e. The van der Waals surface area contributed by atoms with Gasteiger partial charge in [-0.1, -0.05) is 6.92 Å². The quantitative estimate of drug-likeness (QED) is 0.410. The zero-order valence-corrected chi connectivity index (χ0v) is 13.8. The summed E-state index contributed by atoms with van der Waals surface area (Å²) in [6, 6.07) is 0. The summed E-state index contributed by atoms with van der Waals surface area (Å²) in [6.07, 6.45) is -0.495. The third-order valence-electron chi connectivity index (χ3n) is 3.38. The monoisotopic (exact) mass is 330 g/mol. The first kappa shape index (κ1) is 19.1. The Hall–Kier alpha value is -1.93. The molecular formula is C15H22O8. The van der Waals surface area contributed by atoms with E-state index in [9.17, 15) is 14.4 Å². The third kappa shape index (κ3) is 5.33. The highest BCUT2D eigenvalue weighted by molar-refractivity contribution is 5.81. The highest BCUT2D eigenvalue weighted by atomic mass is 16.7. The second-order valence-electron chi connectivity index (χ2n) is 5.09. The minimum absolute atomic E-state index is 0.409. The van der Waals surface area contributed by atoms with Gasteiger partial charge in [-0.3, -0.25) is 9.59 Å². The predicted octanol–water partition coefficient (Wildman–Crippen LogP) is 0.586. The Balaban J connectivity index is 3.04. The fourth-order valence-electron chi connectivity index (χ4n) is 2.35. The lowest BCUT2D eigenvalue weighted by molar-refractivity contribution is -0.272. The van der Waals surface area contributed by atoms with E-state index in [2.05, 4.69) is 4.74 Å². The Morgan fingerprint density at radius 3 is 2.04 bits per heavy atom. The summed E-state index contributed by atoms with van der Waals surface area (Å²) in [6.45, 7) is 4.27. The summed E-state index contributed by atoms with van der Waals surface area (Å²) in [7, 11) is 2.65. The molecule has 0 bridgehead atoms. The van der Waals surface area contributed by atoms with Crippen molar-refractivity contribution in [2.24, 2.45) is 5.92 Å². The average Bonchev–Trinajstić information content (AvgIpc) is 2.49. The van der Waals surface area contributed by atoms with Gasteiger partial charge in [0.25, 0.3) is 0 Å². The number of rotatable bonds is 5. The van der Waals surface area contributed by atoms with Crippen LogP contribution in [0.3, 0.4) is 0 Å². The van der Waals surface area contributed by atoms with Crippen LogP contribution in [0.25, 0.3) is 0 Å². The van der Waals surface area contributed by atoms with Crippen molar-refractivity contribution in [1.82, 2.24) is 0 Å². The van der Waals surface area contributed by atoms with Crippen LogP contribution in [0.1, 0.15) is 20.8 Å². The van der Waals surface area contributed by atoms with E-state index < -0.39 is 48.4 Å². The van der Waals surface area contributed by atoms with Crippen molar-refractivity contribution in [3.8, 4) is 0 Å². The standard InChI is InChI=1S/C15H22O8/c1-8-13(21-9(2)16)11(6-7-12(18)19-4)23-15(20-5)14(8)22-10(3)17/h6-8,11,13-15H,1-5H3/b7-6-/t8-,11-,13-,14+,15+/m0/s1. The molecule has 0 amide bonds. The fourth-order valence-corrected chi connectivity index (χ4v) is 2.35.